The van der Waals surface area contributed by atoms with Gasteiger partial charge in [0.1, 0.15) is 11.6 Å². The van der Waals surface area contributed by atoms with Crippen molar-refractivity contribution in [1.29, 1.82) is 0 Å². The molecule has 152 valence electrons. The minimum atomic E-state index is -4.01. The number of fused-ring (bicyclic) bond motifs is 1. The van der Waals surface area contributed by atoms with Crippen molar-refractivity contribution in [2.45, 2.75) is 15.5 Å². The van der Waals surface area contributed by atoms with Gasteiger partial charge in [-0.1, -0.05) is 48.2 Å². The summed E-state index contributed by atoms with van der Waals surface area (Å²) >= 11 is 1.14. The second-order valence-corrected chi connectivity index (χ2v) is 9.67. The van der Waals surface area contributed by atoms with E-state index < -0.39 is 32.8 Å². The molecule has 1 aliphatic rings. The van der Waals surface area contributed by atoms with Crippen LogP contribution in [0.2, 0.25) is 0 Å². The second kappa shape index (κ2) is 8.04. The summed E-state index contributed by atoms with van der Waals surface area (Å²) in [4.78, 5) is 13.2. The topological polar surface area (TPSA) is 63.2 Å². The number of benzene rings is 3. The van der Waals surface area contributed by atoms with Crippen molar-refractivity contribution in [2.75, 3.05) is 5.32 Å². The summed E-state index contributed by atoms with van der Waals surface area (Å²) in [6, 6.07) is 16.7. The minimum absolute atomic E-state index is 0.0772. The summed E-state index contributed by atoms with van der Waals surface area (Å²) in [5.41, 5.74) is 0.810. The first-order valence-electron chi connectivity index (χ1n) is 8.89. The number of nitrogens with one attached hydrogen (secondary N) is 1. The summed E-state index contributed by atoms with van der Waals surface area (Å²) in [5, 5.41) is 2.73. The molecule has 0 bridgehead atoms. The van der Waals surface area contributed by atoms with E-state index >= 15 is 0 Å². The number of halogens is 2. The lowest BCUT2D eigenvalue weighted by Crippen LogP contribution is -2.18. The average molecular weight is 443 g/mol. The van der Waals surface area contributed by atoms with E-state index in [9.17, 15) is 22.0 Å². The fourth-order valence-electron chi connectivity index (χ4n) is 2.97. The molecule has 0 spiro atoms. The van der Waals surface area contributed by atoms with Crippen LogP contribution in [-0.2, 0) is 20.4 Å². The van der Waals surface area contributed by atoms with Crippen LogP contribution in [0.3, 0.4) is 0 Å². The van der Waals surface area contributed by atoms with E-state index in [4.69, 9.17) is 0 Å². The van der Waals surface area contributed by atoms with Crippen LogP contribution in [0.15, 0.2) is 81.4 Å². The highest BCUT2D eigenvalue weighted by Gasteiger charge is 2.25. The third kappa shape index (κ3) is 4.15. The van der Waals surface area contributed by atoms with Crippen molar-refractivity contribution in [3.63, 3.8) is 0 Å². The molecule has 3 aromatic rings. The van der Waals surface area contributed by atoms with Gasteiger partial charge in [-0.25, -0.2) is 17.2 Å². The lowest BCUT2D eigenvalue weighted by molar-refractivity contribution is -0.112. The number of anilines is 1. The van der Waals surface area contributed by atoms with Crippen molar-refractivity contribution in [3.05, 3.63) is 94.4 Å². The Hall–Kier alpha value is -2.97. The highest BCUT2D eigenvalue weighted by atomic mass is 32.2. The quantitative estimate of drug-likeness (QED) is 0.575. The summed E-state index contributed by atoms with van der Waals surface area (Å²) in [6.07, 6.45) is 1.71. The van der Waals surface area contributed by atoms with Crippen LogP contribution in [0, 0.1) is 11.6 Å². The first kappa shape index (κ1) is 20.3. The smallest absolute Gasteiger partial charge is 0.262 e. The molecule has 0 saturated heterocycles. The molecule has 0 fully saturated rings. The van der Waals surface area contributed by atoms with E-state index in [0.717, 1.165) is 29.5 Å². The Morgan fingerprint density at radius 2 is 1.63 bits per heavy atom. The van der Waals surface area contributed by atoms with Gasteiger partial charge in [0.25, 0.3) is 5.91 Å². The molecular weight excluding hydrogens is 428 g/mol. The number of sulfone groups is 1. The van der Waals surface area contributed by atoms with E-state index in [1.165, 1.54) is 24.3 Å². The predicted molar refractivity (Wildman–Crippen MR) is 113 cm³/mol. The van der Waals surface area contributed by atoms with Gasteiger partial charge in [0.05, 0.1) is 21.2 Å². The van der Waals surface area contributed by atoms with Gasteiger partial charge in [-0.15, -0.1) is 0 Å². The average Bonchev–Trinajstić information content (AvgIpc) is 2.72. The number of rotatable bonds is 4. The van der Waals surface area contributed by atoms with Crippen LogP contribution in [0.5, 0.6) is 0 Å². The summed E-state index contributed by atoms with van der Waals surface area (Å²) in [6.45, 7) is 0. The van der Waals surface area contributed by atoms with Crippen LogP contribution in [0.1, 0.15) is 11.1 Å². The molecule has 1 N–H and O–H groups in total. The Labute approximate surface area is 176 Å². The Morgan fingerprint density at radius 1 is 0.933 bits per heavy atom. The van der Waals surface area contributed by atoms with Gasteiger partial charge in [0.15, 0.2) is 9.84 Å². The maximum atomic E-state index is 13.9. The van der Waals surface area contributed by atoms with E-state index in [1.54, 1.807) is 6.08 Å². The summed E-state index contributed by atoms with van der Waals surface area (Å²) in [5.74, 6) is -2.91. The van der Waals surface area contributed by atoms with E-state index in [0.29, 0.717) is 15.5 Å². The largest absolute Gasteiger partial charge is 0.320 e. The zero-order valence-corrected chi connectivity index (χ0v) is 17.1. The van der Waals surface area contributed by atoms with Crippen LogP contribution in [0.25, 0.3) is 6.08 Å². The van der Waals surface area contributed by atoms with Crippen molar-refractivity contribution >= 4 is 39.3 Å². The highest BCUT2D eigenvalue weighted by Crippen LogP contribution is 2.40. The third-order valence-electron chi connectivity index (χ3n) is 4.50. The molecule has 4 nitrogen and oxygen atoms in total. The van der Waals surface area contributed by atoms with E-state index in [1.807, 2.05) is 30.3 Å². The molecule has 8 heteroatoms. The normalized spacial score (nSPS) is 15.0. The van der Waals surface area contributed by atoms with Gasteiger partial charge in [-0.2, -0.15) is 0 Å². The molecule has 1 heterocycles. The molecule has 3 aromatic carbocycles. The first-order valence-corrected chi connectivity index (χ1v) is 11.4. The predicted octanol–water partition coefficient (Wildman–Crippen LogP) is 5.02. The third-order valence-corrected chi connectivity index (χ3v) is 7.22. The Bertz CT molecular complexity index is 1250. The molecule has 0 unspecified atom stereocenters. The van der Waals surface area contributed by atoms with Gasteiger partial charge < -0.3 is 5.32 Å². The zero-order chi connectivity index (χ0) is 21.3. The second-order valence-electron chi connectivity index (χ2n) is 6.59. The highest BCUT2D eigenvalue weighted by molar-refractivity contribution is 8.04. The van der Waals surface area contributed by atoms with Crippen LogP contribution in [0.4, 0.5) is 14.5 Å². The van der Waals surface area contributed by atoms with Gasteiger partial charge in [-0.05, 0) is 42.0 Å². The number of thioether (sulfide) groups is 1. The molecule has 0 aliphatic carbocycles. The molecule has 1 amide bonds. The fraction of sp³-hybridized carbons (Fsp3) is 0.0455. The lowest BCUT2D eigenvalue weighted by atomic mass is 10.2. The Morgan fingerprint density at radius 3 is 2.33 bits per heavy atom. The Balaban J connectivity index is 1.66. The SMILES string of the molecule is O=C1Nc2ccc(S(=O)(=O)Cc3c(F)cccc3F)cc2S/C1=C\c1ccccc1. The van der Waals surface area contributed by atoms with Crippen molar-refractivity contribution in [1.82, 2.24) is 0 Å². The number of hydrogen-bond acceptors (Lipinski definition) is 4. The Kier molecular flexibility index (Phi) is 5.44. The van der Waals surface area contributed by atoms with Gasteiger partial charge in [0.2, 0.25) is 0 Å². The monoisotopic (exact) mass is 443 g/mol. The zero-order valence-electron chi connectivity index (χ0n) is 15.4. The van der Waals surface area contributed by atoms with Crippen molar-refractivity contribution < 1.29 is 22.0 Å². The number of carbonyl (C=O) groups excluding carboxylic acids is 1. The van der Waals surface area contributed by atoms with E-state index in [-0.39, 0.29) is 10.8 Å². The summed E-state index contributed by atoms with van der Waals surface area (Å²) < 4.78 is 53.4. The van der Waals surface area contributed by atoms with Crippen molar-refractivity contribution in [2.24, 2.45) is 0 Å². The van der Waals surface area contributed by atoms with Crippen molar-refractivity contribution in [3.8, 4) is 0 Å². The molecule has 0 aromatic heterocycles. The van der Waals surface area contributed by atoms with Crippen LogP contribution >= 0.6 is 11.8 Å². The number of hydrogen-bond donors (Lipinski definition) is 1. The minimum Gasteiger partial charge on any atom is -0.320 e. The molecule has 0 atom stereocenters. The molecule has 30 heavy (non-hydrogen) atoms. The molecule has 0 saturated carbocycles. The van der Waals surface area contributed by atoms with Crippen LogP contribution < -0.4 is 5.32 Å². The van der Waals surface area contributed by atoms with Gasteiger partial charge in [-0.3, -0.25) is 4.79 Å². The molecule has 1 aliphatic heterocycles. The van der Waals surface area contributed by atoms with E-state index in [2.05, 4.69) is 5.32 Å². The standard InChI is InChI=1S/C22H15F2NO3S2/c23-17-7-4-8-18(24)16(17)13-30(27,28)15-9-10-19-20(12-15)29-21(22(26)25-19)11-14-5-2-1-3-6-14/h1-12H,13H2,(H,25,26)/b21-11-. The molecule has 0 radical (unpaired) electrons. The summed E-state index contributed by atoms with van der Waals surface area (Å²) in [7, 11) is -4.01. The van der Waals surface area contributed by atoms with Crippen LogP contribution in [-0.4, -0.2) is 14.3 Å². The fourth-order valence-corrected chi connectivity index (χ4v) is 5.43. The first-order chi connectivity index (χ1) is 14.3. The lowest BCUT2D eigenvalue weighted by Gasteiger charge is -2.19. The molecule has 4 rings (SSSR count). The number of amides is 1. The molecular formula is C22H15F2NO3S2. The number of carbonyl (C=O) groups is 1. The maximum absolute atomic E-state index is 13.9. The maximum Gasteiger partial charge on any atom is 0.262 e. The van der Waals surface area contributed by atoms with Gasteiger partial charge in [0, 0.05) is 10.5 Å². The van der Waals surface area contributed by atoms with Gasteiger partial charge >= 0.3 is 0 Å².